The minimum atomic E-state index is -1.04. The first-order valence-electron chi connectivity index (χ1n) is 16.7. The normalized spacial score (nSPS) is 17.6. The Morgan fingerprint density at radius 1 is 0.633 bits per heavy atom. The molecule has 2 aliphatic heterocycles. The molecule has 4 heterocycles. The van der Waals surface area contributed by atoms with Crippen molar-refractivity contribution in [2.75, 3.05) is 0 Å². The van der Waals surface area contributed by atoms with E-state index in [-0.39, 0.29) is 47.9 Å². The lowest BCUT2D eigenvalue weighted by Gasteiger charge is -2.22. The Morgan fingerprint density at radius 3 is 1.53 bits per heavy atom. The third-order valence-electron chi connectivity index (χ3n) is 8.15. The molecule has 2 N–H and O–H groups in total. The highest BCUT2D eigenvalue weighted by Crippen LogP contribution is 2.29. The SMILES string of the molecule is CC.CC.CC(C)n1c(=O)n(C2CCC(=O)NC2=O)c2c(F)ccc(F)c21.Cc1cccc2c1n(C(C)C)c(=O)n2C1CCC(=O)NC1=O. The number of amides is 4. The molecular formula is C35H46F2N6O6. The lowest BCUT2D eigenvalue weighted by Crippen LogP contribution is -2.44. The average molecular weight is 685 g/mol. The molecule has 2 fully saturated rings. The van der Waals surface area contributed by atoms with Crippen LogP contribution < -0.4 is 22.0 Å². The zero-order valence-electron chi connectivity index (χ0n) is 29.5. The number of hydrogen-bond acceptors (Lipinski definition) is 6. The van der Waals surface area contributed by atoms with E-state index < -0.39 is 53.2 Å². The van der Waals surface area contributed by atoms with E-state index in [2.05, 4.69) is 10.6 Å². The zero-order chi connectivity index (χ0) is 36.9. The fourth-order valence-corrected chi connectivity index (χ4v) is 6.17. The molecule has 2 aliphatic rings. The van der Waals surface area contributed by atoms with Crippen LogP contribution in [0.4, 0.5) is 8.78 Å². The lowest BCUT2D eigenvalue weighted by molar-refractivity contribution is -0.137. The van der Waals surface area contributed by atoms with Crippen molar-refractivity contribution in [1.29, 1.82) is 0 Å². The summed E-state index contributed by atoms with van der Waals surface area (Å²) in [4.78, 5) is 72.4. The van der Waals surface area contributed by atoms with Gasteiger partial charge in [0.15, 0.2) is 0 Å². The standard InChI is InChI=1S/C16H19N3O3.C15H15F2N3O3.2C2H6/c1-9(2)18-14-10(3)5-4-6-11(14)19(16(18)22)12-7-8-13(20)17-15(12)21;1-7(2)19-12-8(16)3-4-9(17)13(12)20(15(19)23)10-5-6-11(21)18-14(10)22;2*1-2/h4-6,9,12H,7-8H2,1-3H3,(H,17,20,21);3-4,7,10H,5-6H2,1-2H3,(H,18,21,22);2*1-2H3. The highest BCUT2D eigenvalue weighted by atomic mass is 19.1. The van der Waals surface area contributed by atoms with Crippen molar-refractivity contribution in [2.45, 2.75) is 112 Å². The van der Waals surface area contributed by atoms with E-state index in [1.54, 1.807) is 18.4 Å². The molecule has 266 valence electrons. The average Bonchev–Trinajstić information content (AvgIpc) is 3.54. The molecule has 0 aliphatic carbocycles. The minimum Gasteiger partial charge on any atom is -0.295 e. The van der Waals surface area contributed by atoms with Crippen LogP contribution in [0.3, 0.4) is 0 Å². The number of carbonyl (C=O) groups is 4. The third-order valence-corrected chi connectivity index (χ3v) is 8.15. The number of imide groups is 2. The van der Waals surface area contributed by atoms with Crippen LogP contribution in [-0.4, -0.2) is 41.9 Å². The van der Waals surface area contributed by atoms with Crippen molar-refractivity contribution in [2.24, 2.45) is 0 Å². The van der Waals surface area contributed by atoms with Gasteiger partial charge in [-0.25, -0.2) is 18.4 Å². The van der Waals surface area contributed by atoms with Gasteiger partial charge in [-0.3, -0.25) is 48.1 Å². The van der Waals surface area contributed by atoms with Gasteiger partial charge in [-0.05, 0) is 71.2 Å². The van der Waals surface area contributed by atoms with E-state index in [0.29, 0.717) is 6.42 Å². The van der Waals surface area contributed by atoms with Crippen LogP contribution in [0.2, 0.25) is 0 Å². The molecule has 2 atom stereocenters. The maximum atomic E-state index is 14.3. The van der Waals surface area contributed by atoms with Crippen LogP contribution in [0.25, 0.3) is 22.1 Å². The first-order valence-corrected chi connectivity index (χ1v) is 16.7. The van der Waals surface area contributed by atoms with E-state index in [0.717, 1.165) is 37.9 Å². The van der Waals surface area contributed by atoms with Gasteiger partial charge >= 0.3 is 11.4 Å². The molecule has 4 amide bonds. The number of benzene rings is 2. The number of aromatic nitrogens is 4. The summed E-state index contributed by atoms with van der Waals surface area (Å²) in [6.45, 7) is 17.2. The number of hydrogen-bond donors (Lipinski definition) is 2. The van der Waals surface area contributed by atoms with Gasteiger partial charge < -0.3 is 0 Å². The Labute approximate surface area is 283 Å². The predicted molar refractivity (Wildman–Crippen MR) is 183 cm³/mol. The second kappa shape index (κ2) is 16.0. The number of imidazole rings is 2. The smallest absolute Gasteiger partial charge is 0.295 e. The van der Waals surface area contributed by atoms with Gasteiger partial charge in [0.2, 0.25) is 23.6 Å². The number of para-hydroxylation sites is 1. The van der Waals surface area contributed by atoms with Crippen molar-refractivity contribution in [1.82, 2.24) is 28.9 Å². The highest BCUT2D eigenvalue weighted by Gasteiger charge is 2.34. The summed E-state index contributed by atoms with van der Waals surface area (Å²) < 4.78 is 33.8. The predicted octanol–water partition coefficient (Wildman–Crippen LogP) is 5.36. The molecule has 0 radical (unpaired) electrons. The van der Waals surface area contributed by atoms with Crippen molar-refractivity contribution in [3.63, 3.8) is 0 Å². The fraction of sp³-hybridized carbons (Fsp3) is 0.486. The summed E-state index contributed by atoms with van der Waals surface area (Å²) in [5, 5.41) is 4.46. The summed E-state index contributed by atoms with van der Waals surface area (Å²) >= 11 is 0. The number of piperidine rings is 2. The van der Waals surface area contributed by atoms with Crippen LogP contribution in [0.15, 0.2) is 39.9 Å². The van der Waals surface area contributed by atoms with Crippen LogP contribution >= 0.6 is 0 Å². The molecule has 49 heavy (non-hydrogen) atoms. The second-order valence-electron chi connectivity index (χ2n) is 11.8. The van der Waals surface area contributed by atoms with E-state index in [9.17, 15) is 37.5 Å². The number of aryl methyl sites for hydroxylation is 1. The third kappa shape index (κ3) is 7.27. The van der Waals surface area contributed by atoms with Gasteiger partial charge in [-0.2, -0.15) is 0 Å². The topological polar surface area (TPSA) is 146 Å². The number of carbonyl (C=O) groups excluding carboxylic acids is 4. The molecule has 2 aromatic carbocycles. The molecule has 0 spiro atoms. The molecule has 0 saturated carbocycles. The Bertz CT molecular complexity index is 2000. The van der Waals surface area contributed by atoms with Gasteiger partial charge in [-0.1, -0.05) is 39.8 Å². The number of nitrogens with one attached hydrogen (secondary N) is 2. The van der Waals surface area contributed by atoms with Crippen molar-refractivity contribution in [3.8, 4) is 0 Å². The van der Waals surface area contributed by atoms with Crippen molar-refractivity contribution in [3.05, 3.63) is 68.5 Å². The maximum absolute atomic E-state index is 14.3. The monoisotopic (exact) mass is 684 g/mol. The first kappa shape index (κ1) is 38.6. The molecule has 14 heteroatoms. The molecule has 12 nitrogen and oxygen atoms in total. The Morgan fingerprint density at radius 2 is 1.06 bits per heavy atom. The fourth-order valence-electron chi connectivity index (χ4n) is 6.17. The first-order chi connectivity index (χ1) is 23.2. The van der Waals surface area contributed by atoms with Crippen molar-refractivity contribution < 1.29 is 28.0 Å². The minimum absolute atomic E-state index is 0.00867. The van der Waals surface area contributed by atoms with Crippen LogP contribution in [-0.2, 0) is 19.2 Å². The Hall–Kier alpha value is -4.88. The maximum Gasteiger partial charge on any atom is 0.330 e. The second-order valence-corrected chi connectivity index (χ2v) is 11.8. The summed E-state index contributed by atoms with van der Waals surface area (Å²) in [6, 6.07) is 5.45. The van der Waals surface area contributed by atoms with Gasteiger partial charge in [-0.15, -0.1) is 0 Å². The molecule has 2 unspecified atom stereocenters. The molecule has 4 aromatic rings. The Kier molecular flexibility index (Phi) is 12.6. The summed E-state index contributed by atoms with van der Waals surface area (Å²) in [5.41, 5.74) is 1.30. The lowest BCUT2D eigenvalue weighted by atomic mass is 10.1. The van der Waals surface area contributed by atoms with E-state index >= 15 is 0 Å². The number of halogens is 2. The van der Waals surface area contributed by atoms with Crippen LogP contribution in [0, 0.1) is 18.6 Å². The highest BCUT2D eigenvalue weighted by molar-refractivity contribution is 6.01. The molecular weight excluding hydrogens is 638 g/mol. The molecule has 6 rings (SSSR count). The van der Waals surface area contributed by atoms with Gasteiger partial charge in [0.25, 0.3) is 0 Å². The van der Waals surface area contributed by atoms with E-state index in [4.69, 9.17) is 0 Å². The van der Waals surface area contributed by atoms with Crippen LogP contribution in [0.5, 0.6) is 0 Å². The summed E-state index contributed by atoms with van der Waals surface area (Å²) in [5.74, 6) is -3.34. The van der Waals surface area contributed by atoms with Gasteiger partial charge in [0.05, 0.1) is 11.0 Å². The molecule has 0 bridgehead atoms. The largest absolute Gasteiger partial charge is 0.330 e. The Balaban J connectivity index is 0.000000241. The van der Waals surface area contributed by atoms with Gasteiger partial charge in [0, 0.05) is 24.9 Å². The quantitative estimate of drug-likeness (QED) is 0.277. The number of rotatable bonds is 4. The van der Waals surface area contributed by atoms with Crippen molar-refractivity contribution >= 4 is 45.7 Å². The summed E-state index contributed by atoms with van der Waals surface area (Å²) in [6.07, 6.45) is 0.713. The van der Waals surface area contributed by atoms with Crippen LogP contribution in [0.1, 0.15) is 111 Å². The molecule has 2 aromatic heterocycles. The van der Waals surface area contributed by atoms with E-state index in [1.807, 2.05) is 66.7 Å². The number of nitrogens with zero attached hydrogens (tertiary/aromatic N) is 4. The summed E-state index contributed by atoms with van der Waals surface area (Å²) in [7, 11) is 0. The zero-order valence-corrected chi connectivity index (χ0v) is 29.5. The number of fused-ring (bicyclic) bond motifs is 2. The molecule has 2 saturated heterocycles. The van der Waals surface area contributed by atoms with E-state index in [1.165, 1.54) is 4.57 Å². The van der Waals surface area contributed by atoms with Gasteiger partial charge in [0.1, 0.15) is 34.8 Å².